The van der Waals surface area contributed by atoms with E-state index < -0.39 is 10.0 Å². The van der Waals surface area contributed by atoms with Gasteiger partial charge in [0.1, 0.15) is 0 Å². The molecule has 31 heavy (non-hydrogen) atoms. The molecule has 0 spiro atoms. The van der Waals surface area contributed by atoms with Gasteiger partial charge in [-0.3, -0.25) is 5.43 Å². The fraction of sp³-hybridized carbons (Fsp3) is 0.273. The van der Waals surface area contributed by atoms with Gasteiger partial charge in [0.25, 0.3) is 0 Å². The van der Waals surface area contributed by atoms with E-state index in [0.29, 0.717) is 23.1 Å². The molecular weight excluding hydrogens is 430 g/mol. The summed E-state index contributed by atoms with van der Waals surface area (Å²) in [5.74, 6) is 0. The maximum absolute atomic E-state index is 13.0. The predicted molar refractivity (Wildman–Crippen MR) is 129 cm³/mol. The molecule has 2 heterocycles. The van der Waals surface area contributed by atoms with E-state index >= 15 is 0 Å². The van der Waals surface area contributed by atoms with Gasteiger partial charge in [0, 0.05) is 41.4 Å². The van der Waals surface area contributed by atoms with Crippen LogP contribution in [-0.4, -0.2) is 42.1 Å². The van der Waals surface area contributed by atoms with Crippen molar-refractivity contribution in [1.82, 2.24) is 14.7 Å². The molecule has 1 aliphatic rings. The quantitative estimate of drug-likeness (QED) is 0.308. The largest absolute Gasteiger partial charge is 0.361 e. The van der Waals surface area contributed by atoms with Gasteiger partial charge in [0.2, 0.25) is 10.0 Å². The highest BCUT2D eigenvalue weighted by Gasteiger charge is 2.26. The molecule has 3 N–H and O–H groups in total. The second-order valence-electron chi connectivity index (χ2n) is 7.56. The number of hydrazone groups is 1. The first-order valence-corrected chi connectivity index (χ1v) is 12.1. The highest BCUT2D eigenvalue weighted by molar-refractivity contribution is 7.89. The summed E-state index contributed by atoms with van der Waals surface area (Å²) in [6.07, 6.45) is 6.32. The van der Waals surface area contributed by atoms with E-state index in [9.17, 15) is 8.42 Å². The van der Waals surface area contributed by atoms with Crippen LogP contribution < -0.4 is 10.7 Å². The minimum absolute atomic E-state index is 0.306. The fourth-order valence-corrected chi connectivity index (χ4v) is 5.37. The topological polar surface area (TPSA) is 89.6 Å². The first kappa shape index (κ1) is 21.5. The molecule has 0 saturated carbocycles. The SMILES string of the molecule is Cc1ccccc1NC(=S)N/N=C/c1c[nH]c2ccc(S(=O)(=O)N3CCCCC3)cc12. The lowest BCUT2D eigenvalue weighted by atomic mass is 10.2. The van der Waals surface area contributed by atoms with Crippen molar-refractivity contribution in [2.45, 2.75) is 31.1 Å². The van der Waals surface area contributed by atoms with Crippen LogP contribution in [0.1, 0.15) is 30.4 Å². The number of thiocarbonyl (C=S) groups is 1. The molecular formula is C22H25N5O2S2. The molecule has 3 aromatic rings. The normalized spacial score (nSPS) is 15.4. The molecule has 1 fully saturated rings. The second kappa shape index (κ2) is 9.17. The number of hydrogen-bond donors (Lipinski definition) is 3. The number of hydrogen-bond acceptors (Lipinski definition) is 4. The number of aryl methyl sites for hydroxylation is 1. The van der Waals surface area contributed by atoms with Crippen LogP contribution in [0, 0.1) is 6.92 Å². The van der Waals surface area contributed by atoms with E-state index in [-0.39, 0.29) is 0 Å². The summed E-state index contributed by atoms with van der Waals surface area (Å²) in [6, 6.07) is 13.0. The average molecular weight is 456 g/mol. The van der Waals surface area contributed by atoms with E-state index in [1.807, 2.05) is 31.2 Å². The molecule has 0 aliphatic carbocycles. The van der Waals surface area contributed by atoms with Crippen LogP contribution in [0.15, 0.2) is 58.7 Å². The predicted octanol–water partition coefficient (Wildman–Crippen LogP) is 3.97. The third-order valence-electron chi connectivity index (χ3n) is 5.40. The third-order valence-corrected chi connectivity index (χ3v) is 7.49. The Bertz CT molecular complexity index is 1230. The van der Waals surface area contributed by atoms with Crippen molar-refractivity contribution in [3.05, 3.63) is 59.8 Å². The van der Waals surface area contributed by atoms with Gasteiger partial charge in [-0.15, -0.1) is 0 Å². The lowest BCUT2D eigenvalue weighted by Crippen LogP contribution is -2.35. The zero-order valence-corrected chi connectivity index (χ0v) is 18.9. The summed E-state index contributed by atoms with van der Waals surface area (Å²) in [7, 11) is -3.49. The highest BCUT2D eigenvalue weighted by Crippen LogP contribution is 2.25. The lowest BCUT2D eigenvalue weighted by Gasteiger charge is -2.25. The Morgan fingerprint density at radius 3 is 2.71 bits per heavy atom. The van der Waals surface area contributed by atoms with Crippen LogP contribution >= 0.6 is 12.2 Å². The summed E-state index contributed by atoms with van der Waals surface area (Å²) in [4.78, 5) is 3.46. The molecule has 1 saturated heterocycles. The van der Waals surface area contributed by atoms with Crippen LogP contribution in [0.5, 0.6) is 0 Å². The van der Waals surface area contributed by atoms with Gasteiger partial charge in [-0.25, -0.2) is 8.42 Å². The number of H-pyrrole nitrogens is 1. The summed E-state index contributed by atoms with van der Waals surface area (Å²) < 4.78 is 27.6. The first-order valence-electron chi connectivity index (χ1n) is 10.2. The molecule has 4 rings (SSSR count). The van der Waals surface area contributed by atoms with Crippen LogP contribution in [-0.2, 0) is 10.0 Å². The number of para-hydroxylation sites is 1. The van der Waals surface area contributed by atoms with Gasteiger partial charge in [-0.2, -0.15) is 9.41 Å². The monoisotopic (exact) mass is 455 g/mol. The smallest absolute Gasteiger partial charge is 0.243 e. The van der Waals surface area contributed by atoms with Crippen LogP contribution in [0.3, 0.4) is 0 Å². The molecule has 0 atom stereocenters. The summed E-state index contributed by atoms with van der Waals surface area (Å²) in [5.41, 5.74) is 6.42. The lowest BCUT2D eigenvalue weighted by molar-refractivity contribution is 0.346. The zero-order chi connectivity index (χ0) is 21.8. The molecule has 1 aromatic heterocycles. The molecule has 0 unspecified atom stereocenters. The van der Waals surface area contributed by atoms with Crippen molar-refractivity contribution in [2.24, 2.45) is 5.10 Å². The van der Waals surface area contributed by atoms with Crippen LogP contribution in [0.25, 0.3) is 10.9 Å². The number of rotatable bonds is 5. The zero-order valence-electron chi connectivity index (χ0n) is 17.3. The van der Waals surface area contributed by atoms with Crippen molar-refractivity contribution < 1.29 is 8.42 Å². The minimum Gasteiger partial charge on any atom is -0.361 e. The van der Waals surface area contributed by atoms with E-state index in [1.54, 1.807) is 34.9 Å². The number of aromatic amines is 1. The molecule has 162 valence electrons. The summed E-state index contributed by atoms with van der Waals surface area (Å²) in [5, 5.41) is 8.49. The van der Waals surface area contributed by atoms with E-state index in [0.717, 1.165) is 47.0 Å². The molecule has 7 nitrogen and oxygen atoms in total. The molecule has 1 aliphatic heterocycles. The maximum atomic E-state index is 13.0. The van der Waals surface area contributed by atoms with Crippen LogP contribution in [0.4, 0.5) is 5.69 Å². The highest BCUT2D eigenvalue weighted by atomic mass is 32.2. The average Bonchev–Trinajstić information content (AvgIpc) is 3.18. The number of benzene rings is 2. The number of aromatic nitrogens is 1. The second-order valence-corrected chi connectivity index (χ2v) is 9.90. The van der Waals surface area contributed by atoms with Gasteiger partial charge < -0.3 is 10.3 Å². The van der Waals surface area contributed by atoms with Crippen molar-refractivity contribution in [1.29, 1.82) is 0 Å². The molecule has 0 amide bonds. The number of piperidine rings is 1. The molecule has 2 aromatic carbocycles. The van der Waals surface area contributed by atoms with Gasteiger partial charge >= 0.3 is 0 Å². The molecule has 0 radical (unpaired) electrons. The Balaban J connectivity index is 1.50. The Hall–Kier alpha value is -2.75. The Labute approximate surface area is 187 Å². The van der Waals surface area contributed by atoms with Crippen LogP contribution in [0.2, 0.25) is 0 Å². The van der Waals surface area contributed by atoms with E-state index in [4.69, 9.17) is 12.2 Å². The van der Waals surface area contributed by atoms with Crippen molar-refractivity contribution in [3.8, 4) is 0 Å². The number of nitrogens with zero attached hydrogens (tertiary/aromatic N) is 2. The Morgan fingerprint density at radius 2 is 1.94 bits per heavy atom. The first-order chi connectivity index (χ1) is 14.9. The maximum Gasteiger partial charge on any atom is 0.243 e. The number of sulfonamides is 1. The molecule has 0 bridgehead atoms. The van der Waals surface area contributed by atoms with Crippen molar-refractivity contribution in [2.75, 3.05) is 18.4 Å². The Morgan fingerprint density at radius 1 is 1.16 bits per heavy atom. The molecule has 9 heteroatoms. The number of fused-ring (bicyclic) bond motifs is 1. The van der Waals surface area contributed by atoms with Gasteiger partial charge in [-0.1, -0.05) is 24.6 Å². The van der Waals surface area contributed by atoms with Gasteiger partial charge in [0.05, 0.1) is 11.1 Å². The summed E-state index contributed by atoms with van der Waals surface area (Å²) in [6.45, 7) is 3.16. The Kier molecular flexibility index (Phi) is 6.35. The fourth-order valence-electron chi connectivity index (χ4n) is 3.67. The van der Waals surface area contributed by atoms with Gasteiger partial charge in [-0.05, 0) is 61.8 Å². The number of nitrogens with one attached hydrogen (secondary N) is 3. The van der Waals surface area contributed by atoms with Crippen molar-refractivity contribution >= 4 is 50.2 Å². The van der Waals surface area contributed by atoms with E-state index in [1.165, 1.54) is 0 Å². The minimum atomic E-state index is -3.49. The summed E-state index contributed by atoms with van der Waals surface area (Å²) >= 11 is 5.30. The van der Waals surface area contributed by atoms with Crippen molar-refractivity contribution in [3.63, 3.8) is 0 Å². The number of anilines is 1. The van der Waals surface area contributed by atoms with E-state index in [2.05, 4.69) is 20.8 Å². The van der Waals surface area contributed by atoms with Gasteiger partial charge in [0.15, 0.2) is 5.11 Å². The third kappa shape index (κ3) is 4.79. The standard InChI is InChI=1S/C22H25N5O2S2/c1-16-7-3-4-8-20(16)25-22(30)26-24-15-17-14-23-21-10-9-18(13-19(17)21)31(28,29)27-11-5-2-6-12-27/h3-4,7-10,13-15,23H,2,5-6,11-12H2,1H3,(H2,25,26,30)/b24-15+.